The lowest BCUT2D eigenvalue weighted by Crippen LogP contribution is -2.35. The summed E-state index contributed by atoms with van der Waals surface area (Å²) in [6.07, 6.45) is 1.86. The Hall–Kier alpha value is -3.01. The first kappa shape index (κ1) is 16.5. The molecule has 26 heavy (non-hydrogen) atoms. The zero-order valence-electron chi connectivity index (χ0n) is 14.9. The van der Waals surface area contributed by atoms with E-state index in [9.17, 15) is 4.79 Å². The lowest BCUT2D eigenvalue weighted by Gasteiger charge is -2.32. The van der Waals surface area contributed by atoms with Crippen LogP contribution in [-0.2, 0) is 19.7 Å². The Morgan fingerprint density at radius 2 is 1.85 bits per heavy atom. The summed E-state index contributed by atoms with van der Waals surface area (Å²) in [6.45, 7) is 4.99. The molecule has 1 aliphatic rings. The number of pyridine rings is 1. The Labute approximate surface area is 153 Å². The number of benzene rings is 2. The van der Waals surface area contributed by atoms with E-state index < -0.39 is 0 Å². The van der Waals surface area contributed by atoms with Crippen LogP contribution in [0, 0.1) is 6.92 Å². The quantitative estimate of drug-likeness (QED) is 0.721. The van der Waals surface area contributed by atoms with Gasteiger partial charge in [-0.1, -0.05) is 42.5 Å². The normalized spacial score (nSPS) is 13.3. The van der Waals surface area contributed by atoms with Crippen LogP contribution < -0.4 is 15.1 Å². The number of aryl methyl sites for hydroxylation is 1. The van der Waals surface area contributed by atoms with Gasteiger partial charge in [-0.3, -0.25) is 4.79 Å². The van der Waals surface area contributed by atoms with Crippen molar-refractivity contribution < 1.29 is 4.74 Å². The van der Waals surface area contributed by atoms with Crippen LogP contribution >= 0.6 is 0 Å². The number of aromatic nitrogens is 1. The first-order chi connectivity index (χ1) is 12.7. The molecule has 4 heteroatoms. The molecule has 0 N–H and O–H groups in total. The SMILES string of the molecule is Cc1cccc(N2CCn3cc(OCc4ccccc4)c(=O)cc3C2)c1. The van der Waals surface area contributed by atoms with E-state index in [0.717, 1.165) is 30.9 Å². The maximum absolute atomic E-state index is 12.5. The van der Waals surface area contributed by atoms with Crippen LogP contribution in [0.25, 0.3) is 0 Å². The van der Waals surface area contributed by atoms with Crippen LogP contribution in [0.15, 0.2) is 71.7 Å². The van der Waals surface area contributed by atoms with E-state index in [2.05, 4.69) is 40.7 Å². The molecule has 0 unspecified atom stereocenters. The summed E-state index contributed by atoms with van der Waals surface area (Å²) in [5.74, 6) is 0.418. The Bertz CT molecular complexity index is 963. The highest BCUT2D eigenvalue weighted by Gasteiger charge is 2.18. The van der Waals surface area contributed by atoms with E-state index >= 15 is 0 Å². The number of fused-ring (bicyclic) bond motifs is 1. The lowest BCUT2D eigenvalue weighted by atomic mass is 10.1. The first-order valence-corrected chi connectivity index (χ1v) is 8.91. The van der Waals surface area contributed by atoms with Gasteiger partial charge in [0.1, 0.15) is 6.61 Å². The number of hydrogen-bond donors (Lipinski definition) is 0. The average molecular weight is 346 g/mol. The predicted octanol–water partition coefficient (Wildman–Crippen LogP) is 3.76. The van der Waals surface area contributed by atoms with Crippen molar-refractivity contribution in [2.45, 2.75) is 26.6 Å². The first-order valence-electron chi connectivity index (χ1n) is 8.91. The smallest absolute Gasteiger partial charge is 0.223 e. The highest BCUT2D eigenvalue weighted by Crippen LogP contribution is 2.22. The maximum Gasteiger partial charge on any atom is 0.223 e. The van der Waals surface area contributed by atoms with Gasteiger partial charge < -0.3 is 14.2 Å². The molecule has 0 amide bonds. The Balaban J connectivity index is 1.52. The fourth-order valence-corrected chi connectivity index (χ4v) is 3.33. The standard InChI is InChI=1S/C22H22N2O2/c1-17-6-5-9-19(12-17)23-10-11-24-15-22(21(25)13-20(24)14-23)26-16-18-7-3-2-4-8-18/h2-9,12-13,15H,10-11,14,16H2,1H3. The van der Waals surface area contributed by atoms with Gasteiger partial charge in [-0.2, -0.15) is 0 Å². The molecule has 0 saturated heterocycles. The molecule has 4 nitrogen and oxygen atoms in total. The second-order valence-corrected chi connectivity index (χ2v) is 6.72. The van der Waals surface area contributed by atoms with Crippen molar-refractivity contribution in [3.63, 3.8) is 0 Å². The Morgan fingerprint density at radius 3 is 2.65 bits per heavy atom. The second-order valence-electron chi connectivity index (χ2n) is 6.72. The van der Waals surface area contributed by atoms with Gasteiger partial charge in [-0.25, -0.2) is 0 Å². The van der Waals surface area contributed by atoms with Crippen LogP contribution in [0.1, 0.15) is 16.8 Å². The van der Waals surface area contributed by atoms with Crippen LogP contribution in [0.3, 0.4) is 0 Å². The van der Waals surface area contributed by atoms with Crippen molar-refractivity contribution in [3.8, 4) is 5.75 Å². The van der Waals surface area contributed by atoms with Crippen LogP contribution in [-0.4, -0.2) is 11.1 Å². The number of anilines is 1. The fourth-order valence-electron chi connectivity index (χ4n) is 3.33. The Kier molecular flexibility index (Phi) is 4.48. The molecule has 0 aliphatic carbocycles. The van der Waals surface area contributed by atoms with Crippen molar-refractivity contribution in [2.75, 3.05) is 11.4 Å². The summed E-state index contributed by atoms with van der Waals surface area (Å²) < 4.78 is 7.90. The highest BCUT2D eigenvalue weighted by molar-refractivity contribution is 5.49. The van der Waals surface area contributed by atoms with E-state index in [1.807, 2.05) is 36.5 Å². The summed E-state index contributed by atoms with van der Waals surface area (Å²) in [5.41, 5.74) is 4.47. The van der Waals surface area contributed by atoms with Crippen LogP contribution in [0.2, 0.25) is 0 Å². The largest absolute Gasteiger partial charge is 0.483 e. The van der Waals surface area contributed by atoms with E-state index in [0.29, 0.717) is 12.4 Å². The number of rotatable bonds is 4. The summed E-state index contributed by atoms with van der Waals surface area (Å²) in [5, 5.41) is 0. The van der Waals surface area contributed by atoms with Crippen molar-refractivity contribution in [2.24, 2.45) is 0 Å². The minimum atomic E-state index is -0.0572. The van der Waals surface area contributed by atoms with Gasteiger partial charge in [0.15, 0.2) is 5.75 Å². The molecule has 0 spiro atoms. The second kappa shape index (κ2) is 7.08. The molecule has 0 saturated carbocycles. The molecule has 4 rings (SSSR count). The molecule has 0 radical (unpaired) electrons. The molecule has 2 aromatic carbocycles. The summed E-state index contributed by atoms with van der Waals surface area (Å²) in [6, 6.07) is 20.1. The average Bonchev–Trinajstić information content (AvgIpc) is 2.67. The van der Waals surface area contributed by atoms with Crippen LogP contribution in [0.4, 0.5) is 5.69 Å². The molecule has 3 aromatic rings. The molecule has 2 heterocycles. The van der Waals surface area contributed by atoms with E-state index in [1.54, 1.807) is 6.07 Å². The molecular weight excluding hydrogens is 324 g/mol. The van der Waals surface area contributed by atoms with Crippen molar-refractivity contribution >= 4 is 5.69 Å². The van der Waals surface area contributed by atoms with E-state index in [-0.39, 0.29) is 5.43 Å². The molecular formula is C22H22N2O2. The topological polar surface area (TPSA) is 34.5 Å². The number of ether oxygens (including phenoxy) is 1. The third kappa shape index (κ3) is 3.49. The predicted molar refractivity (Wildman–Crippen MR) is 104 cm³/mol. The maximum atomic E-state index is 12.5. The third-order valence-electron chi connectivity index (χ3n) is 4.75. The van der Waals surface area contributed by atoms with E-state index in [1.165, 1.54) is 11.3 Å². The molecule has 0 bridgehead atoms. The van der Waals surface area contributed by atoms with Crippen molar-refractivity contribution in [1.82, 2.24) is 4.57 Å². The number of nitrogens with zero attached hydrogens (tertiary/aromatic N) is 2. The monoisotopic (exact) mass is 346 g/mol. The van der Waals surface area contributed by atoms with Crippen LogP contribution in [0.5, 0.6) is 5.75 Å². The summed E-state index contributed by atoms with van der Waals surface area (Å²) in [4.78, 5) is 14.8. The zero-order valence-corrected chi connectivity index (χ0v) is 14.9. The Morgan fingerprint density at radius 1 is 1.00 bits per heavy atom. The number of hydrogen-bond acceptors (Lipinski definition) is 3. The lowest BCUT2D eigenvalue weighted by molar-refractivity contribution is 0.299. The molecule has 1 aromatic heterocycles. The summed E-state index contributed by atoms with van der Waals surface area (Å²) in [7, 11) is 0. The fraction of sp³-hybridized carbons (Fsp3) is 0.227. The molecule has 132 valence electrons. The molecule has 1 aliphatic heterocycles. The van der Waals surface area contributed by atoms with Gasteiger partial charge in [0.25, 0.3) is 0 Å². The van der Waals surface area contributed by atoms with E-state index in [4.69, 9.17) is 4.74 Å². The minimum absolute atomic E-state index is 0.0572. The van der Waals surface area contributed by atoms with Gasteiger partial charge in [0.05, 0.1) is 12.7 Å². The molecule has 0 atom stereocenters. The highest BCUT2D eigenvalue weighted by atomic mass is 16.5. The summed E-state index contributed by atoms with van der Waals surface area (Å²) >= 11 is 0. The minimum Gasteiger partial charge on any atom is -0.483 e. The van der Waals surface area contributed by atoms with Gasteiger partial charge in [-0.05, 0) is 30.2 Å². The zero-order chi connectivity index (χ0) is 17.9. The van der Waals surface area contributed by atoms with Crippen molar-refractivity contribution in [3.05, 3.63) is 93.9 Å². The van der Waals surface area contributed by atoms with Crippen molar-refractivity contribution in [1.29, 1.82) is 0 Å². The van der Waals surface area contributed by atoms with Gasteiger partial charge in [0.2, 0.25) is 5.43 Å². The van der Waals surface area contributed by atoms with Gasteiger partial charge >= 0.3 is 0 Å². The molecule has 0 fully saturated rings. The van der Waals surface area contributed by atoms with Gasteiger partial charge in [-0.15, -0.1) is 0 Å². The van der Waals surface area contributed by atoms with Gasteiger partial charge in [0, 0.05) is 30.5 Å². The third-order valence-corrected chi connectivity index (χ3v) is 4.75.